The summed E-state index contributed by atoms with van der Waals surface area (Å²) in [6.45, 7) is 2.10. The fourth-order valence-corrected chi connectivity index (χ4v) is 2.95. The number of hydrogen-bond donors (Lipinski definition) is 2. The lowest BCUT2D eigenvalue weighted by atomic mass is 9.93. The maximum Gasteiger partial charge on any atom is 0.308 e. The molecule has 1 aliphatic heterocycles. The highest BCUT2D eigenvalue weighted by atomic mass is 19.1. The minimum absolute atomic E-state index is 0.0225. The molecular weight excluding hydrogens is 313 g/mol. The van der Waals surface area contributed by atoms with Gasteiger partial charge < -0.3 is 10.0 Å². The second-order valence-electron chi connectivity index (χ2n) is 6.09. The van der Waals surface area contributed by atoms with Gasteiger partial charge in [0, 0.05) is 18.2 Å². The van der Waals surface area contributed by atoms with Gasteiger partial charge >= 0.3 is 5.97 Å². The maximum absolute atomic E-state index is 13.0. The Kier molecular flexibility index (Phi) is 4.33. The van der Waals surface area contributed by atoms with E-state index in [0.717, 1.165) is 0 Å². The second-order valence-corrected chi connectivity index (χ2v) is 6.09. The van der Waals surface area contributed by atoms with Crippen molar-refractivity contribution in [1.29, 1.82) is 0 Å². The highest BCUT2D eigenvalue weighted by molar-refractivity contribution is 5.94. The smallest absolute Gasteiger partial charge is 0.308 e. The molecule has 126 valence electrons. The molecular formula is C17H18FN3O3. The van der Waals surface area contributed by atoms with Crippen LogP contribution < -0.4 is 0 Å². The van der Waals surface area contributed by atoms with E-state index in [2.05, 4.69) is 10.2 Å². The monoisotopic (exact) mass is 331 g/mol. The van der Waals surface area contributed by atoms with Crippen LogP contribution in [0.2, 0.25) is 0 Å². The molecule has 3 rings (SSSR count). The first-order chi connectivity index (χ1) is 11.5. The summed E-state index contributed by atoms with van der Waals surface area (Å²) >= 11 is 0. The first-order valence-electron chi connectivity index (χ1n) is 7.81. The van der Waals surface area contributed by atoms with Gasteiger partial charge in [0.2, 0.25) is 0 Å². The number of aromatic nitrogens is 2. The first kappa shape index (κ1) is 16.2. The Balaban J connectivity index is 1.80. The van der Waals surface area contributed by atoms with Gasteiger partial charge in [0.15, 0.2) is 0 Å². The Morgan fingerprint density at radius 1 is 1.29 bits per heavy atom. The molecule has 0 bridgehead atoms. The molecule has 1 amide bonds. The quantitative estimate of drug-likeness (QED) is 0.905. The van der Waals surface area contributed by atoms with E-state index in [0.29, 0.717) is 29.8 Å². The molecule has 0 saturated carbocycles. The minimum Gasteiger partial charge on any atom is -0.481 e. The molecule has 1 saturated heterocycles. The summed E-state index contributed by atoms with van der Waals surface area (Å²) in [4.78, 5) is 25.4. The number of nitrogens with zero attached hydrogens (tertiary/aromatic N) is 2. The van der Waals surface area contributed by atoms with Crippen LogP contribution in [0.4, 0.5) is 4.39 Å². The number of halogens is 1. The number of H-pyrrole nitrogens is 1. The summed E-state index contributed by atoms with van der Waals surface area (Å²) in [6, 6.07) is 7.41. The predicted octanol–water partition coefficient (Wildman–Crippen LogP) is 2.54. The van der Waals surface area contributed by atoms with Gasteiger partial charge in [0.05, 0.1) is 11.6 Å². The number of piperidine rings is 1. The van der Waals surface area contributed by atoms with Crippen LogP contribution >= 0.6 is 0 Å². The predicted molar refractivity (Wildman–Crippen MR) is 84.8 cm³/mol. The average Bonchev–Trinajstić information content (AvgIpc) is 3.05. The number of nitrogens with one attached hydrogen (secondary N) is 1. The molecule has 6 nitrogen and oxygen atoms in total. The summed E-state index contributed by atoms with van der Waals surface area (Å²) in [5.41, 5.74) is 1.53. The van der Waals surface area contributed by atoms with Crippen LogP contribution in [0.15, 0.2) is 30.3 Å². The molecule has 0 radical (unpaired) electrons. The van der Waals surface area contributed by atoms with Crippen molar-refractivity contribution in [1.82, 2.24) is 15.1 Å². The molecule has 2 N–H and O–H groups in total. The van der Waals surface area contributed by atoms with Crippen LogP contribution in [0.5, 0.6) is 0 Å². The van der Waals surface area contributed by atoms with Crippen molar-refractivity contribution >= 4 is 11.9 Å². The molecule has 1 fully saturated rings. The summed E-state index contributed by atoms with van der Waals surface area (Å²) < 4.78 is 13.0. The summed E-state index contributed by atoms with van der Waals surface area (Å²) in [5.74, 6) is -2.03. The Bertz CT molecular complexity index is 757. The summed E-state index contributed by atoms with van der Waals surface area (Å²) in [7, 11) is 0. The average molecular weight is 331 g/mol. The lowest BCUT2D eigenvalue weighted by Gasteiger charge is -2.36. The van der Waals surface area contributed by atoms with Gasteiger partial charge in [-0.3, -0.25) is 14.7 Å². The van der Waals surface area contributed by atoms with Crippen LogP contribution in [0.1, 0.15) is 30.3 Å². The van der Waals surface area contributed by atoms with Crippen molar-refractivity contribution in [2.75, 3.05) is 6.54 Å². The van der Waals surface area contributed by atoms with E-state index in [4.69, 9.17) is 0 Å². The van der Waals surface area contributed by atoms with Crippen molar-refractivity contribution in [3.63, 3.8) is 0 Å². The fraction of sp³-hybridized carbons (Fsp3) is 0.353. The summed E-state index contributed by atoms with van der Waals surface area (Å²) in [6.07, 6.45) is 1.23. The van der Waals surface area contributed by atoms with E-state index in [9.17, 15) is 19.1 Å². The number of carboxylic acid groups (broad SMARTS) is 1. The number of carboxylic acids is 1. The normalized spacial score (nSPS) is 20.8. The Hall–Kier alpha value is -2.70. The Labute approximate surface area is 138 Å². The molecule has 2 unspecified atom stereocenters. The molecule has 1 aromatic carbocycles. The van der Waals surface area contributed by atoms with Crippen molar-refractivity contribution in [2.24, 2.45) is 5.92 Å². The Morgan fingerprint density at radius 3 is 2.67 bits per heavy atom. The molecule has 0 aliphatic carbocycles. The fourth-order valence-electron chi connectivity index (χ4n) is 2.95. The zero-order valence-corrected chi connectivity index (χ0v) is 13.2. The van der Waals surface area contributed by atoms with Gasteiger partial charge in [-0.1, -0.05) is 0 Å². The topological polar surface area (TPSA) is 86.3 Å². The molecule has 7 heteroatoms. The number of carbonyl (C=O) groups is 2. The van der Waals surface area contributed by atoms with Gasteiger partial charge in [-0.2, -0.15) is 5.10 Å². The number of carbonyl (C=O) groups excluding carboxylic acids is 1. The van der Waals surface area contributed by atoms with Crippen molar-refractivity contribution < 1.29 is 19.1 Å². The van der Waals surface area contributed by atoms with E-state index >= 15 is 0 Å². The number of amides is 1. The molecule has 24 heavy (non-hydrogen) atoms. The number of aromatic amines is 1. The molecule has 2 atom stereocenters. The number of aliphatic carboxylic acids is 1. The lowest BCUT2D eigenvalue weighted by molar-refractivity contribution is -0.143. The third-order valence-electron chi connectivity index (χ3n) is 4.44. The van der Waals surface area contributed by atoms with Crippen molar-refractivity contribution in [3.05, 3.63) is 41.8 Å². The zero-order chi connectivity index (χ0) is 17.3. The van der Waals surface area contributed by atoms with Crippen LogP contribution in [0.3, 0.4) is 0 Å². The van der Waals surface area contributed by atoms with Gasteiger partial charge in [-0.05, 0) is 50.1 Å². The van der Waals surface area contributed by atoms with Crippen LogP contribution in [0.25, 0.3) is 11.3 Å². The second kappa shape index (κ2) is 6.43. The third kappa shape index (κ3) is 3.15. The first-order valence-corrected chi connectivity index (χ1v) is 7.81. The van der Waals surface area contributed by atoms with Gasteiger partial charge in [-0.25, -0.2) is 4.39 Å². The number of rotatable bonds is 3. The van der Waals surface area contributed by atoms with E-state index in [1.54, 1.807) is 23.1 Å². The SMILES string of the molecule is CC1CCC(C(=O)O)CN1C(=O)c1cc(-c2ccc(F)cc2)n[nH]1. The molecule has 2 heterocycles. The largest absolute Gasteiger partial charge is 0.481 e. The Morgan fingerprint density at radius 2 is 2.00 bits per heavy atom. The number of benzene rings is 1. The van der Waals surface area contributed by atoms with Crippen LogP contribution in [0, 0.1) is 11.7 Å². The number of hydrogen-bond acceptors (Lipinski definition) is 3. The minimum atomic E-state index is -0.878. The molecule has 2 aromatic rings. The lowest BCUT2D eigenvalue weighted by Crippen LogP contribution is -2.47. The number of likely N-dealkylation sites (tertiary alicyclic amines) is 1. The van der Waals surface area contributed by atoms with E-state index in [1.807, 2.05) is 6.92 Å². The van der Waals surface area contributed by atoms with E-state index < -0.39 is 11.9 Å². The van der Waals surface area contributed by atoms with E-state index in [1.165, 1.54) is 12.1 Å². The highest BCUT2D eigenvalue weighted by Gasteiger charge is 2.33. The van der Waals surface area contributed by atoms with Crippen LogP contribution in [-0.2, 0) is 4.79 Å². The molecule has 0 spiro atoms. The molecule has 1 aromatic heterocycles. The highest BCUT2D eigenvalue weighted by Crippen LogP contribution is 2.25. The zero-order valence-electron chi connectivity index (χ0n) is 13.2. The molecule has 1 aliphatic rings. The van der Waals surface area contributed by atoms with Crippen LogP contribution in [-0.4, -0.2) is 44.7 Å². The van der Waals surface area contributed by atoms with Gasteiger partial charge in [0.1, 0.15) is 11.5 Å². The third-order valence-corrected chi connectivity index (χ3v) is 4.44. The summed E-state index contributed by atoms with van der Waals surface area (Å²) in [5, 5.41) is 16.0. The maximum atomic E-state index is 13.0. The van der Waals surface area contributed by atoms with Gasteiger partial charge in [0.25, 0.3) is 5.91 Å². The van der Waals surface area contributed by atoms with E-state index in [-0.39, 0.29) is 24.3 Å². The van der Waals surface area contributed by atoms with Crippen molar-refractivity contribution in [3.8, 4) is 11.3 Å². The standard InChI is InChI=1S/C17H18FN3O3/c1-10-2-3-12(17(23)24)9-21(10)16(22)15-8-14(19-20-15)11-4-6-13(18)7-5-11/h4-8,10,12H,2-3,9H2,1H3,(H,19,20)(H,23,24). The van der Waals surface area contributed by atoms with Gasteiger partial charge in [-0.15, -0.1) is 0 Å². The van der Waals surface area contributed by atoms with Crippen molar-refractivity contribution in [2.45, 2.75) is 25.8 Å².